The molecule has 28 heavy (non-hydrogen) atoms. The van der Waals surface area contributed by atoms with Crippen LogP contribution < -0.4 is 5.32 Å². The number of benzene rings is 1. The number of pyridine rings is 1. The molecule has 6 nitrogen and oxygen atoms in total. The van der Waals surface area contributed by atoms with Crippen LogP contribution in [-0.4, -0.2) is 38.8 Å². The lowest BCUT2D eigenvalue weighted by Crippen LogP contribution is -2.34. The number of hydrogen-bond donors (Lipinski definition) is 1. The molecule has 0 aliphatic carbocycles. The van der Waals surface area contributed by atoms with E-state index in [9.17, 15) is 0 Å². The second-order valence-corrected chi connectivity index (χ2v) is 7.37. The summed E-state index contributed by atoms with van der Waals surface area (Å²) < 4.78 is 7.35. The van der Waals surface area contributed by atoms with Crippen LogP contribution in [0.3, 0.4) is 0 Å². The maximum absolute atomic E-state index is 5.44. The van der Waals surface area contributed by atoms with Gasteiger partial charge < -0.3 is 10.1 Å². The highest BCUT2D eigenvalue weighted by molar-refractivity contribution is 5.86. The van der Waals surface area contributed by atoms with Crippen LogP contribution in [0.4, 0.5) is 0 Å². The van der Waals surface area contributed by atoms with Gasteiger partial charge in [0, 0.05) is 54.2 Å². The van der Waals surface area contributed by atoms with Crippen LogP contribution in [0.5, 0.6) is 0 Å². The molecule has 1 aliphatic heterocycles. The molecule has 1 saturated heterocycles. The molecule has 0 bridgehead atoms. The first kappa shape index (κ1) is 17.3. The molecule has 1 aromatic carbocycles. The summed E-state index contributed by atoms with van der Waals surface area (Å²) in [6, 6.07) is 12.9. The van der Waals surface area contributed by atoms with Crippen molar-refractivity contribution in [3.63, 3.8) is 0 Å². The van der Waals surface area contributed by atoms with E-state index in [2.05, 4.69) is 40.5 Å². The molecule has 6 heteroatoms. The SMILES string of the molecule is Cc1cc(CNC2CCOCC2)nc2c(-c3cnc4ccccc4c3)cnn12. The van der Waals surface area contributed by atoms with Gasteiger partial charge >= 0.3 is 0 Å². The Balaban J connectivity index is 1.49. The molecule has 0 amide bonds. The maximum Gasteiger partial charge on any atom is 0.163 e. The van der Waals surface area contributed by atoms with E-state index in [1.54, 1.807) is 0 Å². The van der Waals surface area contributed by atoms with Gasteiger partial charge in [0.15, 0.2) is 5.65 Å². The smallest absolute Gasteiger partial charge is 0.163 e. The first-order chi connectivity index (χ1) is 13.8. The summed E-state index contributed by atoms with van der Waals surface area (Å²) in [6.07, 6.45) is 5.91. The maximum atomic E-state index is 5.44. The molecule has 1 aliphatic rings. The van der Waals surface area contributed by atoms with Gasteiger partial charge in [-0.25, -0.2) is 9.50 Å². The van der Waals surface area contributed by atoms with Crippen molar-refractivity contribution in [3.05, 3.63) is 60.2 Å². The fraction of sp³-hybridized carbons (Fsp3) is 0.318. The van der Waals surface area contributed by atoms with E-state index in [1.165, 1.54) is 0 Å². The number of fused-ring (bicyclic) bond motifs is 2. The molecule has 0 atom stereocenters. The second-order valence-electron chi connectivity index (χ2n) is 7.37. The van der Waals surface area contributed by atoms with Crippen LogP contribution in [0.1, 0.15) is 24.2 Å². The summed E-state index contributed by atoms with van der Waals surface area (Å²) in [5.41, 5.74) is 6.03. The lowest BCUT2D eigenvalue weighted by molar-refractivity contribution is 0.0775. The Kier molecular flexibility index (Phi) is 4.50. The molecule has 4 aromatic rings. The summed E-state index contributed by atoms with van der Waals surface area (Å²) in [5, 5.41) is 9.29. The molecule has 0 unspecified atom stereocenters. The number of hydrogen-bond acceptors (Lipinski definition) is 5. The van der Waals surface area contributed by atoms with E-state index in [0.29, 0.717) is 6.04 Å². The summed E-state index contributed by atoms with van der Waals surface area (Å²) in [7, 11) is 0. The lowest BCUT2D eigenvalue weighted by atomic mass is 10.1. The summed E-state index contributed by atoms with van der Waals surface area (Å²) in [6.45, 7) is 4.50. The normalized spacial score (nSPS) is 15.5. The van der Waals surface area contributed by atoms with E-state index in [1.807, 2.05) is 35.1 Å². The summed E-state index contributed by atoms with van der Waals surface area (Å²) in [5.74, 6) is 0. The second kappa shape index (κ2) is 7.30. The van der Waals surface area contributed by atoms with Gasteiger partial charge in [-0.05, 0) is 38.0 Å². The Bertz CT molecular complexity index is 1130. The molecule has 1 N–H and O–H groups in total. The largest absolute Gasteiger partial charge is 0.381 e. The Morgan fingerprint density at radius 2 is 2.00 bits per heavy atom. The van der Waals surface area contributed by atoms with E-state index in [4.69, 9.17) is 9.72 Å². The Morgan fingerprint density at radius 3 is 2.89 bits per heavy atom. The Morgan fingerprint density at radius 1 is 1.14 bits per heavy atom. The average Bonchev–Trinajstić information content (AvgIpc) is 3.17. The zero-order valence-corrected chi connectivity index (χ0v) is 15.9. The minimum absolute atomic E-state index is 0.501. The Hall–Kier alpha value is -2.83. The van der Waals surface area contributed by atoms with Crippen molar-refractivity contribution in [3.8, 4) is 11.1 Å². The highest BCUT2D eigenvalue weighted by Crippen LogP contribution is 2.26. The minimum atomic E-state index is 0.501. The highest BCUT2D eigenvalue weighted by Gasteiger charge is 2.15. The van der Waals surface area contributed by atoms with Crippen LogP contribution in [0.2, 0.25) is 0 Å². The number of aromatic nitrogens is 4. The van der Waals surface area contributed by atoms with Gasteiger partial charge in [-0.3, -0.25) is 4.98 Å². The summed E-state index contributed by atoms with van der Waals surface area (Å²) >= 11 is 0. The average molecular weight is 373 g/mol. The number of rotatable bonds is 4. The van der Waals surface area contributed by atoms with E-state index >= 15 is 0 Å². The molecule has 0 radical (unpaired) electrons. The van der Waals surface area contributed by atoms with Crippen molar-refractivity contribution < 1.29 is 4.74 Å². The Labute approximate surface area is 163 Å². The van der Waals surface area contributed by atoms with Crippen molar-refractivity contribution >= 4 is 16.6 Å². The molecule has 4 heterocycles. The van der Waals surface area contributed by atoms with Crippen molar-refractivity contribution in [2.24, 2.45) is 0 Å². The van der Waals surface area contributed by atoms with E-state index in [-0.39, 0.29) is 0 Å². The van der Waals surface area contributed by atoms with Crippen LogP contribution in [0.15, 0.2) is 48.8 Å². The zero-order valence-electron chi connectivity index (χ0n) is 15.9. The van der Waals surface area contributed by atoms with Crippen molar-refractivity contribution in [2.45, 2.75) is 32.4 Å². The fourth-order valence-electron chi connectivity index (χ4n) is 3.84. The van der Waals surface area contributed by atoms with E-state index < -0.39 is 0 Å². The monoisotopic (exact) mass is 373 g/mol. The quantitative estimate of drug-likeness (QED) is 0.593. The first-order valence-electron chi connectivity index (χ1n) is 9.78. The van der Waals surface area contributed by atoms with Crippen LogP contribution in [-0.2, 0) is 11.3 Å². The van der Waals surface area contributed by atoms with Crippen LogP contribution in [0.25, 0.3) is 27.7 Å². The summed E-state index contributed by atoms with van der Waals surface area (Å²) in [4.78, 5) is 9.51. The zero-order chi connectivity index (χ0) is 18.9. The van der Waals surface area contributed by atoms with Crippen molar-refractivity contribution in [1.82, 2.24) is 24.9 Å². The molecular formula is C22H23N5O. The number of nitrogens with zero attached hydrogens (tertiary/aromatic N) is 4. The van der Waals surface area contributed by atoms with Crippen LogP contribution >= 0.6 is 0 Å². The minimum Gasteiger partial charge on any atom is -0.381 e. The lowest BCUT2D eigenvalue weighted by Gasteiger charge is -2.23. The molecule has 3 aromatic heterocycles. The van der Waals surface area contributed by atoms with Crippen molar-refractivity contribution in [1.29, 1.82) is 0 Å². The third-order valence-corrected chi connectivity index (χ3v) is 5.40. The predicted molar refractivity (Wildman–Crippen MR) is 109 cm³/mol. The first-order valence-corrected chi connectivity index (χ1v) is 9.78. The molecule has 142 valence electrons. The van der Waals surface area contributed by atoms with Gasteiger partial charge in [-0.1, -0.05) is 18.2 Å². The van der Waals surface area contributed by atoms with Crippen LogP contribution in [0, 0.1) is 6.92 Å². The number of nitrogens with one attached hydrogen (secondary N) is 1. The molecule has 1 fully saturated rings. The topological polar surface area (TPSA) is 64.3 Å². The molecule has 5 rings (SSSR count). The van der Waals surface area contributed by atoms with Gasteiger partial charge in [0.05, 0.1) is 17.4 Å². The molecular weight excluding hydrogens is 350 g/mol. The highest BCUT2D eigenvalue weighted by atomic mass is 16.5. The van der Waals surface area contributed by atoms with Gasteiger partial charge in [0.2, 0.25) is 0 Å². The van der Waals surface area contributed by atoms with Gasteiger partial charge in [-0.15, -0.1) is 0 Å². The standard InChI is InChI=1S/C22H23N5O/c1-15-10-19(13-23-18-6-8-28-9-7-18)26-22-20(14-25-27(15)22)17-11-16-4-2-3-5-21(16)24-12-17/h2-5,10-12,14,18,23H,6-9,13H2,1H3. The van der Waals surface area contributed by atoms with Gasteiger partial charge in [-0.2, -0.15) is 5.10 Å². The third-order valence-electron chi connectivity index (χ3n) is 5.40. The number of aryl methyl sites for hydroxylation is 1. The fourth-order valence-corrected chi connectivity index (χ4v) is 3.84. The predicted octanol–water partition coefficient (Wildman–Crippen LogP) is 3.52. The van der Waals surface area contributed by atoms with Gasteiger partial charge in [0.25, 0.3) is 0 Å². The van der Waals surface area contributed by atoms with E-state index in [0.717, 1.165) is 71.7 Å². The molecule has 0 spiro atoms. The number of ether oxygens (including phenoxy) is 1. The molecule has 0 saturated carbocycles. The number of para-hydroxylation sites is 1. The van der Waals surface area contributed by atoms with Crippen molar-refractivity contribution in [2.75, 3.05) is 13.2 Å². The van der Waals surface area contributed by atoms with Gasteiger partial charge in [0.1, 0.15) is 0 Å². The third kappa shape index (κ3) is 3.25.